The minimum atomic E-state index is -3.40. The van der Waals surface area contributed by atoms with Crippen LogP contribution in [-0.2, 0) is 10.0 Å². The smallest absolute Gasteiger partial charge is 0.259 e. The molecule has 0 aromatic heterocycles. The topological polar surface area (TPSA) is 95.5 Å². The number of anilines is 2. The Bertz CT molecular complexity index is 821. The van der Waals surface area contributed by atoms with Crippen LogP contribution >= 0.6 is 15.9 Å². The lowest BCUT2D eigenvalue weighted by Gasteiger charge is -2.09. The van der Waals surface area contributed by atoms with Crippen LogP contribution in [0.5, 0.6) is 5.75 Å². The van der Waals surface area contributed by atoms with Crippen molar-refractivity contribution in [1.29, 1.82) is 0 Å². The molecule has 2 rings (SSSR count). The number of amides is 1. The van der Waals surface area contributed by atoms with Gasteiger partial charge in [0.15, 0.2) is 0 Å². The van der Waals surface area contributed by atoms with Gasteiger partial charge in [0.2, 0.25) is 10.0 Å². The minimum absolute atomic E-state index is 0.107. The molecule has 0 saturated heterocycles. The third-order valence-electron chi connectivity index (χ3n) is 2.63. The summed E-state index contributed by atoms with van der Waals surface area (Å²) in [6.07, 6.45) is 1.04. The van der Waals surface area contributed by atoms with Crippen LogP contribution in [0.1, 0.15) is 10.4 Å². The van der Waals surface area contributed by atoms with E-state index in [4.69, 9.17) is 0 Å². The molecule has 0 aliphatic heterocycles. The van der Waals surface area contributed by atoms with Gasteiger partial charge in [0.05, 0.1) is 17.5 Å². The van der Waals surface area contributed by atoms with Crippen LogP contribution in [0.3, 0.4) is 0 Å². The van der Waals surface area contributed by atoms with Crippen molar-refractivity contribution in [2.75, 3.05) is 16.3 Å². The second-order valence-electron chi connectivity index (χ2n) is 4.57. The Kier molecular flexibility index (Phi) is 4.72. The summed E-state index contributed by atoms with van der Waals surface area (Å²) < 4.78 is 25.4. The molecule has 0 saturated carbocycles. The fraction of sp³-hybridized carbons (Fsp3) is 0.0714. The highest BCUT2D eigenvalue weighted by Crippen LogP contribution is 2.23. The monoisotopic (exact) mass is 384 g/mol. The highest BCUT2D eigenvalue weighted by Gasteiger charge is 2.12. The molecule has 6 nitrogen and oxygen atoms in total. The number of aromatic hydroxyl groups is 1. The zero-order valence-corrected chi connectivity index (χ0v) is 13.9. The fourth-order valence-corrected chi connectivity index (χ4v) is 2.68. The first kappa shape index (κ1) is 16.3. The number of hydrogen-bond acceptors (Lipinski definition) is 4. The predicted octanol–water partition coefficient (Wildman–Crippen LogP) is 2.78. The molecule has 3 N–H and O–H groups in total. The third-order valence-corrected chi connectivity index (χ3v) is 3.73. The summed E-state index contributed by atoms with van der Waals surface area (Å²) >= 11 is 3.23. The van der Waals surface area contributed by atoms with E-state index in [9.17, 15) is 18.3 Å². The van der Waals surface area contributed by atoms with Crippen molar-refractivity contribution in [2.45, 2.75) is 0 Å². The van der Waals surface area contributed by atoms with Crippen molar-refractivity contribution in [3.05, 3.63) is 52.5 Å². The van der Waals surface area contributed by atoms with Crippen LogP contribution in [0.25, 0.3) is 0 Å². The van der Waals surface area contributed by atoms with Crippen molar-refractivity contribution in [2.24, 2.45) is 0 Å². The maximum atomic E-state index is 12.2. The van der Waals surface area contributed by atoms with E-state index >= 15 is 0 Å². The summed E-state index contributed by atoms with van der Waals surface area (Å²) in [7, 11) is -3.40. The number of rotatable bonds is 4. The standard InChI is InChI=1S/C14H13BrN2O4S/c1-22(20,21)17-11-4-2-3-10(8-11)16-14(19)12-7-9(15)5-6-13(12)18/h2-8,17-18H,1H3,(H,16,19). The molecule has 0 aliphatic rings. The molecule has 2 aromatic rings. The van der Waals surface area contributed by atoms with E-state index in [2.05, 4.69) is 26.0 Å². The Labute approximate surface area is 136 Å². The largest absolute Gasteiger partial charge is 0.507 e. The molecule has 0 heterocycles. The van der Waals surface area contributed by atoms with Gasteiger partial charge in [-0.05, 0) is 36.4 Å². The van der Waals surface area contributed by atoms with Crippen molar-refractivity contribution >= 4 is 43.2 Å². The summed E-state index contributed by atoms with van der Waals surface area (Å²) in [6, 6.07) is 10.8. The number of nitrogens with one attached hydrogen (secondary N) is 2. The molecule has 8 heteroatoms. The normalized spacial score (nSPS) is 11.0. The van der Waals surface area contributed by atoms with Crippen LogP contribution < -0.4 is 10.0 Å². The number of benzene rings is 2. The van der Waals surface area contributed by atoms with Crippen molar-refractivity contribution in [3.8, 4) is 5.75 Å². The summed E-state index contributed by atoms with van der Waals surface area (Å²) in [5, 5.41) is 12.3. The van der Waals surface area contributed by atoms with E-state index in [-0.39, 0.29) is 11.3 Å². The molecule has 2 aromatic carbocycles. The minimum Gasteiger partial charge on any atom is -0.507 e. The highest BCUT2D eigenvalue weighted by atomic mass is 79.9. The lowest BCUT2D eigenvalue weighted by Crippen LogP contribution is -2.13. The summed E-state index contributed by atoms with van der Waals surface area (Å²) in [5.74, 6) is -0.651. The van der Waals surface area contributed by atoms with E-state index in [1.807, 2.05) is 0 Å². The number of carbonyl (C=O) groups excluding carboxylic acids is 1. The molecular weight excluding hydrogens is 372 g/mol. The Morgan fingerprint density at radius 3 is 2.50 bits per heavy atom. The van der Waals surface area contributed by atoms with Gasteiger partial charge in [0, 0.05) is 10.2 Å². The average Bonchev–Trinajstić information content (AvgIpc) is 2.40. The fourth-order valence-electron chi connectivity index (χ4n) is 1.76. The van der Waals surface area contributed by atoms with Crippen molar-refractivity contribution < 1.29 is 18.3 Å². The van der Waals surface area contributed by atoms with Gasteiger partial charge in [0.1, 0.15) is 5.75 Å². The molecule has 0 radical (unpaired) electrons. The molecule has 22 heavy (non-hydrogen) atoms. The van der Waals surface area contributed by atoms with Crippen molar-refractivity contribution in [1.82, 2.24) is 0 Å². The van der Waals surface area contributed by atoms with Crippen LogP contribution in [0, 0.1) is 0 Å². The number of phenolic OH excluding ortho intramolecular Hbond substituents is 1. The molecule has 116 valence electrons. The zero-order valence-electron chi connectivity index (χ0n) is 11.5. The summed E-state index contributed by atoms with van der Waals surface area (Å²) in [4.78, 5) is 12.2. The maximum absolute atomic E-state index is 12.2. The second-order valence-corrected chi connectivity index (χ2v) is 7.23. The van der Waals surface area contributed by atoms with Crippen LogP contribution in [0.4, 0.5) is 11.4 Å². The predicted molar refractivity (Wildman–Crippen MR) is 88.7 cm³/mol. The molecule has 0 aliphatic carbocycles. The van der Waals surface area contributed by atoms with Crippen molar-refractivity contribution in [3.63, 3.8) is 0 Å². The number of halogens is 1. The van der Waals surface area contributed by atoms with E-state index in [0.717, 1.165) is 6.26 Å². The molecular formula is C14H13BrN2O4S. The van der Waals surface area contributed by atoms with Gasteiger partial charge in [-0.15, -0.1) is 0 Å². The molecule has 0 unspecified atom stereocenters. The highest BCUT2D eigenvalue weighted by molar-refractivity contribution is 9.10. The first-order valence-electron chi connectivity index (χ1n) is 6.12. The van der Waals surface area contributed by atoms with Crippen LogP contribution in [0.15, 0.2) is 46.9 Å². The summed E-state index contributed by atoms with van der Waals surface area (Å²) in [5.41, 5.74) is 0.840. The van der Waals surface area contributed by atoms with E-state index in [0.29, 0.717) is 15.8 Å². The lowest BCUT2D eigenvalue weighted by atomic mass is 10.2. The quantitative estimate of drug-likeness (QED) is 0.754. The van der Waals surface area contributed by atoms with Gasteiger partial charge in [-0.25, -0.2) is 8.42 Å². The van der Waals surface area contributed by atoms with Gasteiger partial charge in [-0.3, -0.25) is 9.52 Å². The van der Waals surface area contributed by atoms with Gasteiger partial charge in [-0.1, -0.05) is 22.0 Å². The third kappa shape index (κ3) is 4.47. The van der Waals surface area contributed by atoms with Gasteiger partial charge >= 0.3 is 0 Å². The Morgan fingerprint density at radius 2 is 1.82 bits per heavy atom. The molecule has 0 bridgehead atoms. The SMILES string of the molecule is CS(=O)(=O)Nc1cccc(NC(=O)c2cc(Br)ccc2O)c1. The average molecular weight is 385 g/mol. The Balaban J connectivity index is 2.22. The first-order valence-corrected chi connectivity index (χ1v) is 8.81. The zero-order chi connectivity index (χ0) is 16.3. The second kappa shape index (κ2) is 6.37. The molecule has 0 spiro atoms. The first-order chi connectivity index (χ1) is 10.2. The Hall–Kier alpha value is -2.06. The van der Waals surface area contributed by atoms with Gasteiger partial charge in [-0.2, -0.15) is 0 Å². The number of sulfonamides is 1. The lowest BCUT2D eigenvalue weighted by molar-refractivity contribution is 0.102. The summed E-state index contributed by atoms with van der Waals surface area (Å²) in [6.45, 7) is 0. The Morgan fingerprint density at radius 1 is 1.14 bits per heavy atom. The molecule has 0 fully saturated rings. The maximum Gasteiger partial charge on any atom is 0.259 e. The van der Waals surface area contributed by atoms with Crippen LogP contribution in [0.2, 0.25) is 0 Å². The molecule has 0 atom stereocenters. The van der Waals surface area contributed by atoms with E-state index < -0.39 is 15.9 Å². The van der Waals surface area contributed by atoms with Gasteiger partial charge < -0.3 is 10.4 Å². The number of phenols is 1. The molecule has 1 amide bonds. The van der Waals surface area contributed by atoms with Gasteiger partial charge in [0.25, 0.3) is 5.91 Å². The number of hydrogen-bond donors (Lipinski definition) is 3. The van der Waals surface area contributed by atoms with E-state index in [1.54, 1.807) is 24.3 Å². The van der Waals surface area contributed by atoms with E-state index in [1.165, 1.54) is 18.2 Å². The number of carbonyl (C=O) groups is 1. The van der Waals surface area contributed by atoms with Crippen LogP contribution in [-0.4, -0.2) is 25.7 Å².